The molecule has 1 aromatic rings. The summed E-state index contributed by atoms with van der Waals surface area (Å²) in [5, 5.41) is 12.6. The lowest BCUT2D eigenvalue weighted by Crippen LogP contribution is -2.53. The molecule has 1 aromatic carbocycles. The fourth-order valence-corrected chi connectivity index (χ4v) is 2.85. The summed E-state index contributed by atoms with van der Waals surface area (Å²) in [6.07, 6.45) is 1.71. The minimum atomic E-state index is -0.605. The topological polar surface area (TPSA) is 58.6 Å². The molecule has 0 bridgehead atoms. The van der Waals surface area contributed by atoms with Crippen molar-refractivity contribution in [3.8, 4) is 5.75 Å². The Hall–Kier alpha value is -1.55. The van der Waals surface area contributed by atoms with Gasteiger partial charge in [0.1, 0.15) is 5.75 Å². The first kappa shape index (κ1) is 14.9. The second-order valence-corrected chi connectivity index (χ2v) is 6.02. The van der Waals surface area contributed by atoms with E-state index < -0.39 is 5.60 Å². The SMILES string of the molecule is COc1ccccc1[C@@H](C)CC(=O)NC1CC(C)(O)C1. The highest BCUT2D eigenvalue weighted by Gasteiger charge is 2.39. The number of ether oxygens (including phenoxy) is 1. The van der Waals surface area contributed by atoms with Crippen LogP contribution >= 0.6 is 0 Å². The van der Waals surface area contributed by atoms with E-state index >= 15 is 0 Å². The van der Waals surface area contributed by atoms with Gasteiger partial charge in [-0.1, -0.05) is 25.1 Å². The van der Waals surface area contributed by atoms with E-state index in [0.717, 1.165) is 11.3 Å². The Kier molecular flexibility index (Phi) is 4.33. The van der Waals surface area contributed by atoms with Crippen LogP contribution < -0.4 is 10.1 Å². The van der Waals surface area contributed by atoms with E-state index in [-0.39, 0.29) is 17.9 Å². The first-order valence-electron chi connectivity index (χ1n) is 7.06. The molecule has 1 fully saturated rings. The van der Waals surface area contributed by atoms with Crippen LogP contribution in [0.4, 0.5) is 0 Å². The van der Waals surface area contributed by atoms with Crippen LogP contribution in [-0.4, -0.2) is 29.8 Å². The fourth-order valence-electron chi connectivity index (χ4n) is 2.85. The summed E-state index contributed by atoms with van der Waals surface area (Å²) in [6, 6.07) is 7.89. The summed E-state index contributed by atoms with van der Waals surface area (Å²) in [6.45, 7) is 3.82. The van der Waals surface area contributed by atoms with Crippen LogP contribution in [0.2, 0.25) is 0 Å². The van der Waals surface area contributed by atoms with E-state index in [9.17, 15) is 9.90 Å². The van der Waals surface area contributed by atoms with Crippen molar-refractivity contribution in [3.63, 3.8) is 0 Å². The van der Waals surface area contributed by atoms with Gasteiger partial charge in [0, 0.05) is 12.5 Å². The Morgan fingerprint density at radius 1 is 1.50 bits per heavy atom. The summed E-state index contributed by atoms with van der Waals surface area (Å²) in [5.41, 5.74) is 0.442. The average Bonchev–Trinajstić information content (AvgIpc) is 2.36. The van der Waals surface area contributed by atoms with E-state index in [0.29, 0.717) is 19.3 Å². The molecule has 2 rings (SSSR count). The van der Waals surface area contributed by atoms with Crippen molar-refractivity contribution in [2.75, 3.05) is 7.11 Å². The molecular weight excluding hydrogens is 254 g/mol. The van der Waals surface area contributed by atoms with E-state index in [1.807, 2.05) is 31.2 Å². The van der Waals surface area contributed by atoms with Gasteiger partial charge in [0.15, 0.2) is 0 Å². The Balaban J connectivity index is 1.88. The summed E-state index contributed by atoms with van der Waals surface area (Å²) < 4.78 is 5.32. The van der Waals surface area contributed by atoms with Crippen LogP contribution in [0.15, 0.2) is 24.3 Å². The van der Waals surface area contributed by atoms with Crippen molar-refractivity contribution < 1.29 is 14.6 Å². The van der Waals surface area contributed by atoms with Crippen LogP contribution in [-0.2, 0) is 4.79 Å². The van der Waals surface area contributed by atoms with E-state index in [1.54, 1.807) is 14.0 Å². The Morgan fingerprint density at radius 3 is 2.75 bits per heavy atom. The third-order valence-electron chi connectivity index (χ3n) is 3.90. The number of para-hydroxylation sites is 1. The van der Waals surface area contributed by atoms with Gasteiger partial charge in [-0.3, -0.25) is 4.79 Å². The highest BCUT2D eigenvalue weighted by molar-refractivity contribution is 5.77. The van der Waals surface area contributed by atoms with Gasteiger partial charge in [-0.25, -0.2) is 0 Å². The van der Waals surface area contributed by atoms with Gasteiger partial charge in [0.05, 0.1) is 12.7 Å². The van der Waals surface area contributed by atoms with Crippen molar-refractivity contribution in [3.05, 3.63) is 29.8 Å². The molecule has 1 saturated carbocycles. The number of rotatable bonds is 5. The number of methoxy groups -OCH3 is 1. The minimum Gasteiger partial charge on any atom is -0.496 e. The van der Waals surface area contributed by atoms with Gasteiger partial charge in [0.2, 0.25) is 5.91 Å². The molecule has 0 spiro atoms. The van der Waals surface area contributed by atoms with Crippen LogP contribution in [0.1, 0.15) is 44.6 Å². The predicted molar refractivity (Wildman–Crippen MR) is 77.8 cm³/mol. The van der Waals surface area contributed by atoms with E-state index in [1.165, 1.54) is 0 Å². The van der Waals surface area contributed by atoms with Gasteiger partial charge in [0.25, 0.3) is 0 Å². The lowest BCUT2D eigenvalue weighted by molar-refractivity contribution is -0.125. The lowest BCUT2D eigenvalue weighted by atomic mass is 9.77. The molecule has 0 aromatic heterocycles. The van der Waals surface area contributed by atoms with Gasteiger partial charge in [-0.15, -0.1) is 0 Å². The van der Waals surface area contributed by atoms with Crippen molar-refractivity contribution in [2.24, 2.45) is 0 Å². The molecule has 0 heterocycles. The van der Waals surface area contributed by atoms with Gasteiger partial charge < -0.3 is 15.2 Å². The molecule has 2 N–H and O–H groups in total. The van der Waals surface area contributed by atoms with Crippen molar-refractivity contribution in [2.45, 2.75) is 50.7 Å². The number of carbonyl (C=O) groups excluding carboxylic acids is 1. The number of nitrogens with one attached hydrogen (secondary N) is 1. The molecule has 0 unspecified atom stereocenters. The zero-order valence-corrected chi connectivity index (χ0v) is 12.3. The zero-order chi connectivity index (χ0) is 14.8. The number of hydrogen-bond donors (Lipinski definition) is 2. The normalized spacial score (nSPS) is 26.5. The van der Waals surface area contributed by atoms with Crippen LogP contribution in [0.25, 0.3) is 0 Å². The molecule has 0 saturated heterocycles. The lowest BCUT2D eigenvalue weighted by Gasteiger charge is -2.41. The summed E-state index contributed by atoms with van der Waals surface area (Å²) in [4.78, 5) is 12.0. The van der Waals surface area contributed by atoms with Crippen molar-refractivity contribution in [1.82, 2.24) is 5.32 Å². The first-order valence-corrected chi connectivity index (χ1v) is 7.06. The molecule has 4 heteroatoms. The average molecular weight is 277 g/mol. The number of amides is 1. The second-order valence-electron chi connectivity index (χ2n) is 6.02. The minimum absolute atomic E-state index is 0.0314. The van der Waals surface area contributed by atoms with Gasteiger partial charge in [-0.05, 0) is 37.3 Å². The third kappa shape index (κ3) is 3.51. The molecule has 20 heavy (non-hydrogen) atoms. The van der Waals surface area contributed by atoms with Gasteiger partial charge >= 0.3 is 0 Å². The quantitative estimate of drug-likeness (QED) is 0.867. The summed E-state index contributed by atoms with van der Waals surface area (Å²) in [7, 11) is 1.64. The maximum absolute atomic E-state index is 12.0. The summed E-state index contributed by atoms with van der Waals surface area (Å²) >= 11 is 0. The molecule has 4 nitrogen and oxygen atoms in total. The first-order chi connectivity index (χ1) is 9.41. The maximum atomic E-state index is 12.0. The molecule has 1 aliphatic carbocycles. The maximum Gasteiger partial charge on any atom is 0.220 e. The summed E-state index contributed by atoms with van der Waals surface area (Å²) in [5.74, 6) is 0.954. The van der Waals surface area contributed by atoms with E-state index in [2.05, 4.69) is 5.32 Å². The molecule has 1 aliphatic rings. The smallest absolute Gasteiger partial charge is 0.220 e. The monoisotopic (exact) mass is 277 g/mol. The van der Waals surface area contributed by atoms with Crippen molar-refractivity contribution in [1.29, 1.82) is 0 Å². The predicted octanol–water partition coefficient (Wildman–Crippen LogP) is 2.22. The van der Waals surface area contributed by atoms with Crippen molar-refractivity contribution >= 4 is 5.91 Å². The van der Waals surface area contributed by atoms with Gasteiger partial charge in [-0.2, -0.15) is 0 Å². The highest BCUT2D eigenvalue weighted by Crippen LogP contribution is 2.32. The molecule has 1 amide bonds. The standard InChI is InChI=1S/C16H23NO3/c1-11(13-6-4-5-7-14(13)20-3)8-15(18)17-12-9-16(2,19)10-12/h4-7,11-12,19H,8-10H2,1-3H3,(H,17,18)/t11-,12?,16?/m0/s1. The number of benzene rings is 1. The Bertz CT molecular complexity index is 476. The molecule has 1 atom stereocenters. The fraction of sp³-hybridized carbons (Fsp3) is 0.562. The highest BCUT2D eigenvalue weighted by atomic mass is 16.5. The van der Waals surface area contributed by atoms with E-state index in [4.69, 9.17) is 4.74 Å². The van der Waals surface area contributed by atoms with Crippen LogP contribution in [0.5, 0.6) is 5.75 Å². The number of carbonyl (C=O) groups is 1. The molecule has 0 aliphatic heterocycles. The molecular formula is C16H23NO3. The van der Waals surface area contributed by atoms with Crippen LogP contribution in [0, 0.1) is 0 Å². The number of hydrogen-bond acceptors (Lipinski definition) is 3. The zero-order valence-electron chi connectivity index (χ0n) is 12.3. The molecule has 110 valence electrons. The molecule has 0 radical (unpaired) electrons. The Labute approximate surface area is 120 Å². The Morgan fingerprint density at radius 2 is 2.15 bits per heavy atom. The number of aliphatic hydroxyl groups is 1. The third-order valence-corrected chi connectivity index (χ3v) is 3.90. The van der Waals surface area contributed by atoms with Crippen LogP contribution in [0.3, 0.4) is 0 Å². The largest absolute Gasteiger partial charge is 0.496 e. The second kappa shape index (κ2) is 5.83.